The van der Waals surface area contributed by atoms with E-state index < -0.39 is 17.8 Å². The van der Waals surface area contributed by atoms with Crippen molar-refractivity contribution >= 4 is 0 Å². The Balaban J connectivity index is 2.34. The molecule has 1 saturated carbocycles. The molecular formula is C15H20F3NO. The van der Waals surface area contributed by atoms with E-state index in [1.165, 1.54) is 13.2 Å². The Bertz CT molecular complexity index is 453. The van der Waals surface area contributed by atoms with E-state index in [1.807, 2.05) is 0 Å². The van der Waals surface area contributed by atoms with E-state index in [-0.39, 0.29) is 17.2 Å². The minimum Gasteiger partial charge on any atom is -0.497 e. The summed E-state index contributed by atoms with van der Waals surface area (Å²) in [7, 11) is 1.36. The molecule has 2 N–H and O–H groups in total. The van der Waals surface area contributed by atoms with Gasteiger partial charge >= 0.3 is 6.18 Å². The first kappa shape index (κ1) is 15.2. The minimum absolute atomic E-state index is 0.137. The first-order valence-electron chi connectivity index (χ1n) is 6.94. The third-order valence-corrected chi connectivity index (χ3v) is 4.08. The maximum Gasteiger partial charge on any atom is 0.416 e. The third kappa shape index (κ3) is 3.26. The van der Waals surface area contributed by atoms with Crippen LogP contribution in [0.15, 0.2) is 18.2 Å². The Labute approximate surface area is 117 Å². The molecule has 5 heteroatoms. The fourth-order valence-corrected chi connectivity index (χ4v) is 2.95. The first-order chi connectivity index (χ1) is 9.43. The number of alkyl halides is 3. The van der Waals surface area contributed by atoms with Crippen LogP contribution in [0.5, 0.6) is 5.75 Å². The van der Waals surface area contributed by atoms with E-state index in [0.717, 1.165) is 38.2 Å². The molecule has 2 nitrogen and oxygen atoms in total. The molecule has 0 bridgehead atoms. The van der Waals surface area contributed by atoms with E-state index in [4.69, 9.17) is 10.5 Å². The highest BCUT2D eigenvalue weighted by atomic mass is 19.4. The molecule has 1 aliphatic rings. The van der Waals surface area contributed by atoms with Gasteiger partial charge in [-0.15, -0.1) is 0 Å². The summed E-state index contributed by atoms with van der Waals surface area (Å²) in [5.74, 6) is 0.343. The highest BCUT2D eigenvalue weighted by molar-refractivity contribution is 5.39. The quantitative estimate of drug-likeness (QED) is 0.900. The molecule has 2 rings (SSSR count). The lowest BCUT2D eigenvalue weighted by atomic mass is 9.80. The zero-order chi connectivity index (χ0) is 14.8. The highest BCUT2D eigenvalue weighted by Crippen LogP contribution is 2.40. The van der Waals surface area contributed by atoms with Crippen molar-refractivity contribution in [1.29, 1.82) is 0 Å². The van der Waals surface area contributed by atoms with Gasteiger partial charge < -0.3 is 10.5 Å². The van der Waals surface area contributed by atoms with Crippen LogP contribution >= 0.6 is 0 Å². The topological polar surface area (TPSA) is 35.2 Å². The van der Waals surface area contributed by atoms with Gasteiger partial charge in [0.15, 0.2) is 0 Å². The van der Waals surface area contributed by atoms with Gasteiger partial charge in [0.1, 0.15) is 5.75 Å². The molecule has 0 radical (unpaired) electrons. The van der Waals surface area contributed by atoms with Crippen LogP contribution in [0.3, 0.4) is 0 Å². The molecule has 0 aliphatic heterocycles. The van der Waals surface area contributed by atoms with E-state index in [2.05, 4.69) is 0 Å². The largest absolute Gasteiger partial charge is 0.497 e. The number of methoxy groups -OCH3 is 1. The van der Waals surface area contributed by atoms with Crippen molar-refractivity contribution in [2.24, 2.45) is 11.7 Å². The second-order valence-corrected chi connectivity index (χ2v) is 5.37. The number of hydrogen-bond donors (Lipinski definition) is 1. The van der Waals surface area contributed by atoms with Gasteiger partial charge in [-0.1, -0.05) is 25.3 Å². The zero-order valence-electron chi connectivity index (χ0n) is 11.5. The van der Waals surface area contributed by atoms with Crippen LogP contribution in [0.2, 0.25) is 0 Å². The van der Waals surface area contributed by atoms with Crippen molar-refractivity contribution in [3.8, 4) is 5.75 Å². The van der Waals surface area contributed by atoms with Crippen molar-refractivity contribution in [3.63, 3.8) is 0 Å². The summed E-state index contributed by atoms with van der Waals surface area (Å²) < 4.78 is 44.4. The van der Waals surface area contributed by atoms with Crippen LogP contribution in [0.25, 0.3) is 0 Å². The van der Waals surface area contributed by atoms with Crippen molar-refractivity contribution in [2.75, 3.05) is 7.11 Å². The fraction of sp³-hybridized carbons (Fsp3) is 0.600. The summed E-state index contributed by atoms with van der Waals surface area (Å²) in [5.41, 5.74) is 5.63. The number of ether oxygens (including phenoxy) is 1. The van der Waals surface area contributed by atoms with Crippen molar-refractivity contribution in [1.82, 2.24) is 0 Å². The van der Waals surface area contributed by atoms with Crippen molar-refractivity contribution in [3.05, 3.63) is 29.3 Å². The lowest BCUT2D eigenvalue weighted by molar-refractivity contribution is -0.138. The normalized spacial score (nSPS) is 18.9. The molecule has 0 heterocycles. The maximum absolute atomic E-state index is 13.2. The summed E-state index contributed by atoms with van der Waals surface area (Å²) in [6, 6.07) is 3.49. The maximum atomic E-state index is 13.2. The number of halogens is 3. The summed E-state index contributed by atoms with van der Waals surface area (Å²) >= 11 is 0. The Morgan fingerprint density at radius 3 is 2.40 bits per heavy atom. The van der Waals surface area contributed by atoms with Crippen molar-refractivity contribution < 1.29 is 17.9 Å². The van der Waals surface area contributed by atoms with Crippen LogP contribution in [0, 0.1) is 5.92 Å². The summed E-state index contributed by atoms with van der Waals surface area (Å²) in [6.45, 7) is 0. The lowest BCUT2D eigenvalue weighted by Crippen LogP contribution is -2.26. The second kappa shape index (κ2) is 6.04. The Hall–Kier alpha value is -1.23. The molecule has 112 valence electrons. The van der Waals surface area contributed by atoms with Crippen LogP contribution in [0.4, 0.5) is 13.2 Å². The van der Waals surface area contributed by atoms with Gasteiger partial charge in [0, 0.05) is 6.04 Å². The number of nitrogens with two attached hydrogens (primary N) is 1. The molecule has 20 heavy (non-hydrogen) atoms. The smallest absolute Gasteiger partial charge is 0.416 e. The molecule has 0 saturated heterocycles. The van der Waals surface area contributed by atoms with Gasteiger partial charge in [0.05, 0.1) is 12.7 Å². The van der Waals surface area contributed by atoms with Crippen molar-refractivity contribution in [2.45, 2.75) is 44.3 Å². The molecule has 1 fully saturated rings. The highest BCUT2D eigenvalue weighted by Gasteiger charge is 2.36. The van der Waals surface area contributed by atoms with Crippen LogP contribution in [-0.2, 0) is 6.18 Å². The van der Waals surface area contributed by atoms with Gasteiger partial charge in [0.2, 0.25) is 0 Å². The standard InChI is InChI=1S/C15H20F3NO/c1-20-11-7-8-12(13(9-11)15(16,17)18)14(19)10-5-3-2-4-6-10/h7-10,14H,2-6,19H2,1H3/t14-/m0/s1. The van der Waals surface area contributed by atoms with Gasteiger partial charge in [0.25, 0.3) is 0 Å². The second-order valence-electron chi connectivity index (χ2n) is 5.37. The molecule has 1 atom stereocenters. The van der Waals surface area contributed by atoms with E-state index in [0.29, 0.717) is 0 Å². The number of benzene rings is 1. The summed E-state index contributed by atoms with van der Waals surface area (Å²) in [4.78, 5) is 0. The van der Waals surface area contributed by atoms with Crippen LogP contribution in [0.1, 0.15) is 49.3 Å². The fourth-order valence-electron chi connectivity index (χ4n) is 2.95. The molecular weight excluding hydrogens is 267 g/mol. The van der Waals surface area contributed by atoms with E-state index in [1.54, 1.807) is 6.07 Å². The molecule has 0 amide bonds. The third-order valence-electron chi connectivity index (χ3n) is 4.08. The predicted octanol–water partition coefficient (Wildman–Crippen LogP) is 4.29. The van der Waals surface area contributed by atoms with Gasteiger partial charge in [-0.3, -0.25) is 0 Å². The van der Waals surface area contributed by atoms with Crippen LogP contribution < -0.4 is 10.5 Å². The Morgan fingerprint density at radius 2 is 1.85 bits per heavy atom. The number of hydrogen-bond acceptors (Lipinski definition) is 2. The average Bonchev–Trinajstić information content (AvgIpc) is 2.46. The van der Waals surface area contributed by atoms with Gasteiger partial charge in [-0.05, 0) is 36.5 Å². The molecule has 0 unspecified atom stereocenters. The number of rotatable bonds is 3. The monoisotopic (exact) mass is 287 g/mol. The summed E-state index contributed by atoms with van der Waals surface area (Å²) in [5, 5.41) is 0. The minimum atomic E-state index is -4.41. The lowest BCUT2D eigenvalue weighted by Gasteiger charge is -2.29. The molecule has 1 aromatic carbocycles. The van der Waals surface area contributed by atoms with Gasteiger partial charge in [-0.2, -0.15) is 13.2 Å². The molecule has 1 aliphatic carbocycles. The Kier molecular flexibility index (Phi) is 4.58. The van der Waals surface area contributed by atoms with Crippen LogP contribution in [-0.4, -0.2) is 7.11 Å². The van der Waals surface area contributed by atoms with E-state index >= 15 is 0 Å². The average molecular weight is 287 g/mol. The molecule has 0 spiro atoms. The first-order valence-corrected chi connectivity index (χ1v) is 6.94. The van der Waals surface area contributed by atoms with Gasteiger partial charge in [-0.25, -0.2) is 0 Å². The van der Waals surface area contributed by atoms with E-state index in [9.17, 15) is 13.2 Å². The Morgan fingerprint density at radius 1 is 1.20 bits per heavy atom. The predicted molar refractivity (Wildman–Crippen MR) is 71.5 cm³/mol. The SMILES string of the molecule is COc1ccc([C@@H](N)C2CCCCC2)c(C(F)(F)F)c1. The molecule has 1 aromatic rings. The molecule has 0 aromatic heterocycles. The summed E-state index contributed by atoms with van der Waals surface area (Å²) in [6.07, 6.45) is 0.662. The zero-order valence-corrected chi connectivity index (χ0v) is 11.5.